The molecule has 2 heterocycles. The summed E-state index contributed by atoms with van der Waals surface area (Å²) >= 11 is 0. The maximum Gasteiger partial charge on any atom is 0.195 e. The number of para-hydroxylation sites is 1. The molecule has 3 rings (SSSR count). The Morgan fingerprint density at radius 1 is 1.25 bits per heavy atom. The summed E-state index contributed by atoms with van der Waals surface area (Å²) in [5.74, 6) is 0.918. The quantitative estimate of drug-likeness (QED) is 0.759. The number of likely N-dealkylation sites (tertiary alicyclic amines) is 1. The third-order valence-electron chi connectivity index (χ3n) is 5.67. The van der Waals surface area contributed by atoms with Gasteiger partial charge in [0.25, 0.3) is 0 Å². The van der Waals surface area contributed by atoms with Crippen LogP contribution in [0.1, 0.15) is 50.1 Å². The minimum absolute atomic E-state index is 0.0130. The molecule has 1 aromatic carbocycles. The van der Waals surface area contributed by atoms with Gasteiger partial charge in [-0.15, -0.1) is 0 Å². The van der Waals surface area contributed by atoms with Gasteiger partial charge in [0.15, 0.2) is 9.84 Å². The molecule has 0 saturated carbocycles. The molecule has 0 bridgehead atoms. The van der Waals surface area contributed by atoms with Crippen LogP contribution in [0.15, 0.2) is 29.2 Å². The van der Waals surface area contributed by atoms with Crippen molar-refractivity contribution in [1.82, 2.24) is 15.1 Å². The minimum Gasteiger partial charge on any atom is -0.490 e. The second-order valence-electron chi connectivity index (χ2n) is 8.03. The van der Waals surface area contributed by atoms with Crippen LogP contribution < -0.4 is 4.74 Å². The molecule has 3 atom stereocenters. The molecule has 1 aliphatic rings. The molecule has 0 spiro atoms. The number of aryl methyl sites for hydroxylation is 3. The Morgan fingerprint density at radius 3 is 2.61 bits per heavy atom. The molecule has 2 aromatic rings. The highest BCUT2D eigenvalue weighted by molar-refractivity contribution is 7.91. The monoisotopic (exact) mass is 405 g/mol. The number of H-pyrrole nitrogens is 1. The molecule has 0 aliphatic carbocycles. The molecule has 7 heteroatoms. The predicted octanol–water partition coefficient (Wildman–Crippen LogP) is 3.78. The van der Waals surface area contributed by atoms with Crippen LogP contribution in [0.2, 0.25) is 0 Å². The van der Waals surface area contributed by atoms with Crippen molar-refractivity contribution in [2.75, 3.05) is 5.88 Å². The molecule has 1 aliphatic heterocycles. The Labute approximate surface area is 168 Å². The second-order valence-corrected chi connectivity index (χ2v) is 9.93. The summed E-state index contributed by atoms with van der Waals surface area (Å²) in [5.41, 5.74) is 2.26. The van der Waals surface area contributed by atoms with Crippen molar-refractivity contribution in [3.8, 4) is 5.75 Å². The normalized spacial score (nSPS) is 21.8. The van der Waals surface area contributed by atoms with Crippen molar-refractivity contribution >= 4 is 9.84 Å². The summed E-state index contributed by atoms with van der Waals surface area (Å²) < 4.78 is 32.3. The average Bonchev–Trinajstić information content (AvgIpc) is 3.13. The van der Waals surface area contributed by atoms with Gasteiger partial charge in [-0.2, -0.15) is 5.10 Å². The van der Waals surface area contributed by atoms with Crippen LogP contribution in [0.3, 0.4) is 0 Å². The summed E-state index contributed by atoms with van der Waals surface area (Å²) in [6, 6.07) is 8.41. The van der Waals surface area contributed by atoms with Crippen LogP contribution in [0.5, 0.6) is 5.75 Å². The van der Waals surface area contributed by atoms with Gasteiger partial charge in [0.05, 0.1) is 17.5 Å². The fraction of sp³-hybridized carbons (Fsp3) is 0.571. The number of rotatable bonds is 7. The summed E-state index contributed by atoms with van der Waals surface area (Å²) in [6.07, 6.45) is 2.80. The van der Waals surface area contributed by atoms with Crippen LogP contribution in [0.25, 0.3) is 0 Å². The number of aromatic nitrogens is 2. The number of hydrogen-bond donors (Lipinski definition) is 1. The molecule has 0 unspecified atom stereocenters. The van der Waals surface area contributed by atoms with E-state index in [4.69, 9.17) is 4.74 Å². The number of sulfone groups is 1. The second kappa shape index (κ2) is 8.25. The van der Waals surface area contributed by atoms with Gasteiger partial charge in [0.1, 0.15) is 16.5 Å². The van der Waals surface area contributed by atoms with E-state index in [2.05, 4.69) is 28.9 Å². The highest BCUT2D eigenvalue weighted by atomic mass is 32.2. The third-order valence-corrected chi connectivity index (χ3v) is 7.53. The van der Waals surface area contributed by atoms with E-state index in [9.17, 15) is 8.42 Å². The standard InChI is InChI=1S/C21H31N3O3S/c1-14-8-6-7-9-20(14)27-16(3)12-19-11-10-15(2)24(19)13-28(25,26)21-17(4)22-23-18(21)5/h6-9,15-16,19H,10-13H2,1-5H3,(H,22,23)/t15-,16-,19-/m0/s1. The number of benzene rings is 1. The lowest BCUT2D eigenvalue weighted by Gasteiger charge is -2.30. The Morgan fingerprint density at radius 2 is 1.96 bits per heavy atom. The van der Waals surface area contributed by atoms with Crippen LogP contribution in [0, 0.1) is 20.8 Å². The highest BCUT2D eigenvalue weighted by Gasteiger charge is 2.36. The number of nitrogens with zero attached hydrogens (tertiary/aromatic N) is 2. The van der Waals surface area contributed by atoms with Gasteiger partial charge in [-0.1, -0.05) is 18.2 Å². The van der Waals surface area contributed by atoms with E-state index >= 15 is 0 Å². The Bertz CT molecular complexity index is 903. The summed E-state index contributed by atoms with van der Waals surface area (Å²) in [5, 5.41) is 6.84. The molecular weight excluding hydrogens is 374 g/mol. The molecule has 0 amide bonds. The van der Waals surface area contributed by atoms with Crippen molar-refractivity contribution in [3.63, 3.8) is 0 Å². The molecular formula is C21H31N3O3S. The zero-order chi connectivity index (χ0) is 20.5. The smallest absolute Gasteiger partial charge is 0.195 e. The van der Waals surface area contributed by atoms with E-state index in [1.54, 1.807) is 13.8 Å². The summed E-state index contributed by atoms with van der Waals surface area (Å²) in [6.45, 7) is 9.70. The fourth-order valence-electron chi connectivity index (χ4n) is 4.21. The van der Waals surface area contributed by atoms with E-state index in [0.717, 1.165) is 30.6 Å². The van der Waals surface area contributed by atoms with E-state index in [1.807, 2.05) is 31.2 Å². The molecule has 28 heavy (non-hydrogen) atoms. The van der Waals surface area contributed by atoms with Gasteiger partial charge in [0, 0.05) is 12.1 Å². The Kier molecular flexibility index (Phi) is 6.15. The van der Waals surface area contributed by atoms with E-state index < -0.39 is 9.84 Å². The van der Waals surface area contributed by atoms with Crippen LogP contribution in [-0.4, -0.2) is 47.6 Å². The van der Waals surface area contributed by atoms with Gasteiger partial charge in [-0.25, -0.2) is 8.42 Å². The van der Waals surface area contributed by atoms with Gasteiger partial charge in [-0.05, 0) is 65.5 Å². The summed E-state index contributed by atoms with van der Waals surface area (Å²) in [4.78, 5) is 2.47. The Hall–Kier alpha value is -1.86. The summed E-state index contributed by atoms with van der Waals surface area (Å²) in [7, 11) is -3.44. The highest BCUT2D eigenvalue weighted by Crippen LogP contribution is 2.31. The first kappa shape index (κ1) is 20.9. The Balaban J connectivity index is 1.71. The fourth-order valence-corrected chi connectivity index (χ4v) is 6.20. The van der Waals surface area contributed by atoms with Crippen LogP contribution in [-0.2, 0) is 9.84 Å². The maximum atomic E-state index is 13.1. The predicted molar refractivity (Wildman–Crippen MR) is 110 cm³/mol. The molecule has 0 radical (unpaired) electrons. The van der Waals surface area contributed by atoms with Gasteiger partial charge in [0.2, 0.25) is 0 Å². The maximum absolute atomic E-state index is 13.1. The topological polar surface area (TPSA) is 75.3 Å². The molecule has 6 nitrogen and oxygen atoms in total. The number of hydrogen-bond acceptors (Lipinski definition) is 5. The lowest BCUT2D eigenvalue weighted by molar-refractivity contribution is 0.147. The number of aromatic amines is 1. The largest absolute Gasteiger partial charge is 0.490 e. The molecule has 154 valence electrons. The first-order chi connectivity index (χ1) is 13.2. The lowest BCUT2D eigenvalue weighted by atomic mass is 10.1. The van der Waals surface area contributed by atoms with Gasteiger partial charge >= 0.3 is 0 Å². The van der Waals surface area contributed by atoms with Gasteiger partial charge in [-0.3, -0.25) is 10.00 Å². The minimum atomic E-state index is -3.44. The van der Waals surface area contributed by atoms with Crippen molar-refractivity contribution in [1.29, 1.82) is 0 Å². The zero-order valence-electron chi connectivity index (χ0n) is 17.4. The first-order valence-corrected chi connectivity index (χ1v) is 11.6. The lowest BCUT2D eigenvalue weighted by Crippen LogP contribution is -2.40. The number of ether oxygens (including phenoxy) is 1. The molecule has 1 aromatic heterocycles. The van der Waals surface area contributed by atoms with Crippen molar-refractivity contribution < 1.29 is 13.2 Å². The third kappa shape index (κ3) is 4.41. The SMILES string of the molecule is Cc1ccccc1O[C@@H](C)C[C@@H]1CC[C@H](C)N1CS(=O)(=O)c1c(C)n[nH]c1C. The van der Waals surface area contributed by atoms with Crippen LogP contribution in [0.4, 0.5) is 0 Å². The van der Waals surface area contributed by atoms with E-state index in [1.165, 1.54) is 0 Å². The van der Waals surface area contributed by atoms with E-state index in [0.29, 0.717) is 16.3 Å². The average molecular weight is 406 g/mol. The van der Waals surface area contributed by atoms with Crippen molar-refractivity contribution in [2.24, 2.45) is 0 Å². The molecule has 1 saturated heterocycles. The molecule has 1 fully saturated rings. The van der Waals surface area contributed by atoms with Gasteiger partial charge < -0.3 is 4.74 Å². The van der Waals surface area contributed by atoms with E-state index in [-0.39, 0.29) is 24.1 Å². The number of nitrogens with one attached hydrogen (secondary N) is 1. The van der Waals surface area contributed by atoms with Crippen molar-refractivity contribution in [3.05, 3.63) is 41.2 Å². The van der Waals surface area contributed by atoms with Crippen LogP contribution >= 0.6 is 0 Å². The first-order valence-electron chi connectivity index (χ1n) is 9.91. The van der Waals surface area contributed by atoms with Crippen molar-refractivity contribution in [2.45, 2.75) is 77.0 Å². The molecule has 1 N–H and O–H groups in total. The zero-order valence-corrected chi connectivity index (χ0v) is 18.2.